The molecule has 2 heterocycles. The highest BCUT2D eigenvalue weighted by molar-refractivity contribution is 5.87. The third-order valence-corrected chi connectivity index (χ3v) is 1.73. The second-order valence-corrected chi connectivity index (χ2v) is 2.69. The summed E-state index contributed by atoms with van der Waals surface area (Å²) in [5.41, 5.74) is 12.2. The van der Waals surface area contributed by atoms with Crippen molar-refractivity contribution in [2.45, 2.75) is 0 Å². The first kappa shape index (κ1) is 8.36. The molecule has 0 aromatic carbocycles. The normalized spacial score (nSPS) is 10.3. The van der Waals surface area contributed by atoms with E-state index in [-0.39, 0.29) is 17.5 Å². The maximum atomic E-state index is 10.5. The van der Waals surface area contributed by atoms with Gasteiger partial charge in [-0.3, -0.25) is 4.79 Å². The molecule has 0 saturated heterocycles. The maximum absolute atomic E-state index is 10.5. The van der Waals surface area contributed by atoms with Gasteiger partial charge in [0.25, 0.3) is 0 Å². The zero-order chi connectivity index (χ0) is 10.1. The summed E-state index contributed by atoms with van der Waals surface area (Å²) in [7, 11) is 0. The molecule has 4 N–H and O–H groups in total. The van der Waals surface area contributed by atoms with E-state index in [1.807, 2.05) is 0 Å². The predicted octanol–water partition coefficient (Wildman–Crippen LogP) is 0.00170. The molecule has 0 aliphatic carbocycles. The average Bonchev–Trinajstić information content (AvgIpc) is 2.17. The van der Waals surface area contributed by atoms with E-state index in [0.29, 0.717) is 17.3 Å². The van der Waals surface area contributed by atoms with Gasteiger partial charge in [-0.25, -0.2) is 9.97 Å². The third-order valence-electron chi connectivity index (χ3n) is 1.73. The van der Waals surface area contributed by atoms with Gasteiger partial charge in [-0.2, -0.15) is 4.98 Å². The zero-order valence-electron chi connectivity index (χ0n) is 7.14. The highest BCUT2D eigenvalue weighted by Crippen LogP contribution is 2.15. The quantitative estimate of drug-likeness (QED) is 0.611. The van der Waals surface area contributed by atoms with Crippen molar-refractivity contribution >= 4 is 29.1 Å². The first-order chi connectivity index (χ1) is 6.70. The number of anilines is 2. The van der Waals surface area contributed by atoms with Gasteiger partial charge in [0.2, 0.25) is 5.95 Å². The summed E-state index contributed by atoms with van der Waals surface area (Å²) in [4.78, 5) is 22.1. The molecule has 70 valence electrons. The summed E-state index contributed by atoms with van der Waals surface area (Å²) in [6.45, 7) is 0. The largest absolute Gasteiger partial charge is 0.382 e. The lowest BCUT2D eigenvalue weighted by Crippen LogP contribution is -2.02. The number of hydrogen-bond acceptors (Lipinski definition) is 6. The monoisotopic (exact) mass is 189 g/mol. The molecule has 6 nitrogen and oxygen atoms in total. The highest BCUT2D eigenvalue weighted by Gasteiger charge is 2.05. The Labute approximate surface area is 79.0 Å². The first-order valence-corrected chi connectivity index (χ1v) is 3.85. The number of nitrogen functional groups attached to an aromatic ring is 2. The molecule has 6 heteroatoms. The van der Waals surface area contributed by atoms with E-state index in [1.54, 1.807) is 12.1 Å². The van der Waals surface area contributed by atoms with Crippen molar-refractivity contribution in [2.75, 3.05) is 11.5 Å². The lowest BCUT2D eigenvalue weighted by atomic mass is 10.3. The van der Waals surface area contributed by atoms with Crippen LogP contribution in [-0.4, -0.2) is 21.2 Å². The van der Waals surface area contributed by atoms with Gasteiger partial charge in [0.1, 0.15) is 11.2 Å². The molecule has 0 aliphatic heterocycles. The van der Waals surface area contributed by atoms with E-state index >= 15 is 0 Å². The van der Waals surface area contributed by atoms with Crippen LogP contribution in [0.4, 0.5) is 11.8 Å². The van der Waals surface area contributed by atoms with E-state index in [9.17, 15) is 4.79 Å². The molecule has 0 fully saturated rings. The number of carbonyl (C=O) groups excluding carboxylic acids is 1. The lowest BCUT2D eigenvalue weighted by molar-refractivity contribution is 0.111. The van der Waals surface area contributed by atoms with Crippen LogP contribution >= 0.6 is 0 Å². The fourth-order valence-corrected chi connectivity index (χ4v) is 1.14. The van der Waals surface area contributed by atoms with Crippen LogP contribution in [-0.2, 0) is 0 Å². The van der Waals surface area contributed by atoms with Gasteiger partial charge in [-0.05, 0) is 12.1 Å². The number of fused-ring (bicyclic) bond motifs is 1. The van der Waals surface area contributed by atoms with Crippen LogP contribution in [0.15, 0.2) is 12.1 Å². The fraction of sp³-hybridized carbons (Fsp3) is 0. The molecule has 2 aromatic heterocycles. The van der Waals surface area contributed by atoms with Crippen LogP contribution in [0.25, 0.3) is 11.0 Å². The molecule has 0 spiro atoms. The van der Waals surface area contributed by atoms with Gasteiger partial charge in [-0.15, -0.1) is 0 Å². The molecule has 0 radical (unpaired) electrons. The van der Waals surface area contributed by atoms with Gasteiger partial charge < -0.3 is 11.5 Å². The Morgan fingerprint density at radius 1 is 1.14 bits per heavy atom. The van der Waals surface area contributed by atoms with Crippen LogP contribution in [0.1, 0.15) is 10.5 Å². The van der Waals surface area contributed by atoms with Crippen LogP contribution < -0.4 is 11.5 Å². The Morgan fingerprint density at radius 3 is 2.64 bits per heavy atom. The van der Waals surface area contributed by atoms with Gasteiger partial charge >= 0.3 is 0 Å². The van der Waals surface area contributed by atoms with Crippen molar-refractivity contribution in [1.82, 2.24) is 15.0 Å². The van der Waals surface area contributed by atoms with Gasteiger partial charge in [0.05, 0.1) is 5.52 Å². The van der Waals surface area contributed by atoms with Gasteiger partial charge in [0, 0.05) is 0 Å². The SMILES string of the molecule is Nc1nc(N)c2nc(C=O)ccc2n1. The summed E-state index contributed by atoms with van der Waals surface area (Å²) in [5, 5.41) is 0. The van der Waals surface area contributed by atoms with Crippen molar-refractivity contribution in [3.8, 4) is 0 Å². The number of hydrogen-bond donors (Lipinski definition) is 2. The molecule has 0 amide bonds. The Hall–Kier alpha value is -2.24. The number of rotatable bonds is 1. The molecule has 2 aromatic rings. The second kappa shape index (κ2) is 2.91. The van der Waals surface area contributed by atoms with Crippen molar-refractivity contribution in [3.63, 3.8) is 0 Å². The molecule has 14 heavy (non-hydrogen) atoms. The summed E-state index contributed by atoms with van der Waals surface area (Å²) in [6, 6.07) is 3.17. The van der Waals surface area contributed by atoms with E-state index in [1.165, 1.54) is 0 Å². The Morgan fingerprint density at radius 2 is 1.93 bits per heavy atom. The van der Waals surface area contributed by atoms with E-state index in [4.69, 9.17) is 11.5 Å². The highest BCUT2D eigenvalue weighted by atomic mass is 16.1. The standard InChI is InChI=1S/C8H7N5O/c9-7-6-5(12-8(10)13-7)2-1-4(3-14)11-6/h1-3H,(H4,9,10,12,13). The summed E-state index contributed by atoms with van der Waals surface area (Å²) in [6.07, 6.45) is 0.634. The van der Waals surface area contributed by atoms with Crippen LogP contribution in [0, 0.1) is 0 Å². The average molecular weight is 189 g/mol. The number of nitrogens with zero attached hydrogens (tertiary/aromatic N) is 3. The Kier molecular flexibility index (Phi) is 1.74. The minimum Gasteiger partial charge on any atom is -0.382 e. The number of pyridine rings is 1. The number of carbonyl (C=O) groups is 1. The fourth-order valence-electron chi connectivity index (χ4n) is 1.14. The van der Waals surface area contributed by atoms with Crippen LogP contribution in [0.5, 0.6) is 0 Å². The molecular weight excluding hydrogens is 182 g/mol. The van der Waals surface area contributed by atoms with E-state index in [2.05, 4.69) is 15.0 Å². The molecule has 0 unspecified atom stereocenters. The first-order valence-electron chi connectivity index (χ1n) is 3.85. The van der Waals surface area contributed by atoms with Crippen molar-refractivity contribution in [2.24, 2.45) is 0 Å². The molecular formula is C8H7N5O. The van der Waals surface area contributed by atoms with Crippen LogP contribution in [0.2, 0.25) is 0 Å². The Bertz CT molecular complexity index is 510. The minimum atomic E-state index is 0.0932. The summed E-state index contributed by atoms with van der Waals surface area (Å²) < 4.78 is 0. The molecule has 0 bridgehead atoms. The van der Waals surface area contributed by atoms with Gasteiger partial charge in [-0.1, -0.05) is 0 Å². The van der Waals surface area contributed by atoms with Crippen molar-refractivity contribution < 1.29 is 4.79 Å². The smallest absolute Gasteiger partial charge is 0.222 e. The Balaban J connectivity index is 2.81. The molecule has 2 rings (SSSR count). The maximum Gasteiger partial charge on any atom is 0.222 e. The predicted molar refractivity (Wildman–Crippen MR) is 51.5 cm³/mol. The van der Waals surface area contributed by atoms with E-state index in [0.717, 1.165) is 0 Å². The minimum absolute atomic E-state index is 0.0932. The number of nitrogens with two attached hydrogens (primary N) is 2. The second-order valence-electron chi connectivity index (χ2n) is 2.69. The zero-order valence-corrected chi connectivity index (χ0v) is 7.14. The van der Waals surface area contributed by atoms with E-state index < -0.39 is 0 Å². The van der Waals surface area contributed by atoms with Gasteiger partial charge in [0.15, 0.2) is 12.1 Å². The van der Waals surface area contributed by atoms with Crippen LogP contribution in [0.3, 0.4) is 0 Å². The number of aldehydes is 1. The topological polar surface area (TPSA) is 108 Å². The third kappa shape index (κ3) is 1.22. The molecule has 0 aliphatic rings. The number of aromatic nitrogens is 3. The molecule has 0 atom stereocenters. The molecule has 0 saturated carbocycles. The lowest BCUT2D eigenvalue weighted by Gasteiger charge is -2.01. The summed E-state index contributed by atoms with van der Waals surface area (Å²) >= 11 is 0. The summed E-state index contributed by atoms with van der Waals surface area (Å²) in [5.74, 6) is 0.270. The van der Waals surface area contributed by atoms with Crippen molar-refractivity contribution in [1.29, 1.82) is 0 Å². The van der Waals surface area contributed by atoms with Crippen molar-refractivity contribution in [3.05, 3.63) is 17.8 Å².